The molecule has 1 unspecified atom stereocenters. The summed E-state index contributed by atoms with van der Waals surface area (Å²) in [5.74, 6) is 0. The number of aryl methyl sites for hydroxylation is 1. The van der Waals surface area contributed by atoms with Crippen molar-refractivity contribution in [3.63, 3.8) is 0 Å². The number of hydrogen-bond acceptors (Lipinski definition) is 4. The first-order valence-corrected chi connectivity index (χ1v) is 7.79. The normalized spacial score (nSPS) is 21.2. The van der Waals surface area contributed by atoms with Gasteiger partial charge in [-0.1, -0.05) is 0 Å². The number of hydrogen-bond donors (Lipinski definition) is 1. The molecule has 0 saturated carbocycles. The Morgan fingerprint density at radius 2 is 2.05 bits per heavy atom. The molecule has 0 aliphatic carbocycles. The van der Waals surface area contributed by atoms with Gasteiger partial charge in [0.05, 0.1) is 4.90 Å². The lowest BCUT2D eigenvalue weighted by Gasteiger charge is -2.20. The van der Waals surface area contributed by atoms with E-state index >= 15 is 0 Å². The second-order valence-corrected chi connectivity index (χ2v) is 7.23. The van der Waals surface area contributed by atoms with Crippen LogP contribution in [-0.4, -0.2) is 50.8 Å². The minimum Gasteiger partial charge on any atom is -0.399 e. The number of anilines is 1. The fourth-order valence-electron chi connectivity index (χ4n) is 2.31. The second kappa shape index (κ2) is 5.11. The summed E-state index contributed by atoms with van der Waals surface area (Å²) >= 11 is 0. The zero-order chi connectivity index (χ0) is 14.2. The molecule has 106 valence electrons. The van der Waals surface area contributed by atoms with Crippen molar-refractivity contribution in [1.29, 1.82) is 0 Å². The Labute approximate surface area is 115 Å². The Morgan fingerprint density at radius 1 is 1.37 bits per heavy atom. The van der Waals surface area contributed by atoms with E-state index in [0.29, 0.717) is 29.7 Å². The Balaban J connectivity index is 2.26. The molecule has 1 aromatic carbocycles. The largest absolute Gasteiger partial charge is 0.399 e. The van der Waals surface area contributed by atoms with Crippen LogP contribution in [0.4, 0.5) is 5.69 Å². The third-order valence-electron chi connectivity index (χ3n) is 3.74. The minimum absolute atomic E-state index is 0.296. The summed E-state index contributed by atoms with van der Waals surface area (Å²) in [5.41, 5.74) is 7.15. The first-order chi connectivity index (χ1) is 8.82. The van der Waals surface area contributed by atoms with Crippen LogP contribution in [0.25, 0.3) is 0 Å². The van der Waals surface area contributed by atoms with Gasteiger partial charge in [0.15, 0.2) is 0 Å². The maximum atomic E-state index is 12.5. The monoisotopic (exact) mass is 283 g/mol. The topological polar surface area (TPSA) is 66.6 Å². The van der Waals surface area contributed by atoms with Gasteiger partial charge in [-0.05, 0) is 51.2 Å². The summed E-state index contributed by atoms with van der Waals surface area (Å²) in [6, 6.07) is 5.18. The third kappa shape index (κ3) is 2.75. The highest BCUT2D eigenvalue weighted by Gasteiger charge is 2.33. The smallest absolute Gasteiger partial charge is 0.243 e. The zero-order valence-corrected chi connectivity index (χ0v) is 12.4. The van der Waals surface area contributed by atoms with Gasteiger partial charge in [-0.3, -0.25) is 0 Å². The lowest BCUT2D eigenvalue weighted by atomic mass is 10.2. The Kier molecular flexibility index (Phi) is 3.85. The molecule has 1 aliphatic heterocycles. The van der Waals surface area contributed by atoms with Gasteiger partial charge in [0.25, 0.3) is 0 Å². The van der Waals surface area contributed by atoms with E-state index in [9.17, 15) is 8.42 Å². The standard InChI is InChI=1S/C13H21N3O2S/c1-10-8-12(4-5-13(10)14)19(17,18)16-7-6-11(9-16)15(2)3/h4-5,8,11H,6-7,9,14H2,1-3H3. The van der Waals surface area contributed by atoms with E-state index in [1.165, 1.54) is 0 Å². The fourth-order valence-corrected chi connectivity index (χ4v) is 3.89. The molecule has 1 atom stereocenters. The highest BCUT2D eigenvalue weighted by molar-refractivity contribution is 7.89. The predicted octanol–water partition coefficient (Wildman–Crippen LogP) is 0.902. The van der Waals surface area contributed by atoms with Crippen molar-refractivity contribution in [2.45, 2.75) is 24.3 Å². The van der Waals surface area contributed by atoms with Crippen LogP contribution in [-0.2, 0) is 10.0 Å². The summed E-state index contributed by atoms with van der Waals surface area (Å²) < 4.78 is 26.6. The van der Waals surface area contributed by atoms with Crippen LogP contribution in [0.5, 0.6) is 0 Å². The van der Waals surface area contributed by atoms with Gasteiger partial charge < -0.3 is 10.6 Å². The second-order valence-electron chi connectivity index (χ2n) is 5.29. The van der Waals surface area contributed by atoms with Crippen molar-refractivity contribution in [3.05, 3.63) is 23.8 Å². The first kappa shape index (κ1) is 14.3. The van der Waals surface area contributed by atoms with Crippen LogP contribution < -0.4 is 5.73 Å². The van der Waals surface area contributed by atoms with Crippen LogP contribution in [0.3, 0.4) is 0 Å². The van der Waals surface area contributed by atoms with Gasteiger partial charge in [0.1, 0.15) is 0 Å². The average molecular weight is 283 g/mol. The number of nitrogens with zero attached hydrogens (tertiary/aromatic N) is 2. The number of benzene rings is 1. The Hall–Kier alpha value is -1.11. The van der Waals surface area contributed by atoms with Gasteiger partial charge >= 0.3 is 0 Å². The van der Waals surface area contributed by atoms with Crippen molar-refractivity contribution in [3.8, 4) is 0 Å². The molecule has 0 bridgehead atoms. The van der Waals surface area contributed by atoms with Crippen molar-refractivity contribution in [2.24, 2.45) is 0 Å². The van der Waals surface area contributed by atoms with Crippen LogP contribution in [0, 0.1) is 6.92 Å². The van der Waals surface area contributed by atoms with Crippen molar-refractivity contribution in [2.75, 3.05) is 32.9 Å². The molecule has 0 aromatic heterocycles. The number of nitrogens with two attached hydrogens (primary N) is 1. The molecule has 5 nitrogen and oxygen atoms in total. The van der Waals surface area contributed by atoms with E-state index in [-0.39, 0.29) is 0 Å². The molecule has 6 heteroatoms. The summed E-state index contributed by atoms with van der Waals surface area (Å²) in [6.07, 6.45) is 0.875. The maximum absolute atomic E-state index is 12.5. The number of nitrogen functional groups attached to an aromatic ring is 1. The van der Waals surface area contributed by atoms with Crippen molar-refractivity contribution >= 4 is 15.7 Å². The van der Waals surface area contributed by atoms with E-state index in [0.717, 1.165) is 12.0 Å². The SMILES string of the molecule is Cc1cc(S(=O)(=O)N2CCC(N(C)C)C2)ccc1N. The maximum Gasteiger partial charge on any atom is 0.243 e. The van der Waals surface area contributed by atoms with E-state index < -0.39 is 10.0 Å². The molecule has 2 rings (SSSR count). The lowest BCUT2D eigenvalue weighted by Crippen LogP contribution is -2.34. The van der Waals surface area contributed by atoms with Gasteiger partial charge in [-0.15, -0.1) is 0 Å². The van der Waals surface area contributed by atoms with Crippen LogP contribution >= 0.6 is 0 Å². The van der Waals surface area contributed by atoms with E-state index in [1.54, 1.807) is 22.5 Å². The summed E-state index contributed by atoms with van der Waals surface area (Å²) in [5, 5.41) is 0. The van der Waals surface area contributed by atoms with Crippen LogP contribution in [0.2, 0.25) is 0 Å². The number of sulfonamides is 1. The minimum atomic E-state index is -3.39. The van der Waals surface area contributed by atoms with Crippen LogP contribution in [0.15, 0.2) is 23.1 Å². The molecule has 1 fully saturated rings. The van der Waals surface area contributed by atoms with E-state index in [4.69, 9.17) is 5.73 Å². The molecule has 1 saturated heterocycles. The van der Waals surface area contributed by atoms with Crippen molar-refractivity contribution in [1.82, 2.24) is 9.21 Å². The lowest BCUT2D eigenvalue weighted by molar-refractivity contribution is 0.302. The highest BCUT2D eigenvalue weighted by Crippen LogP contribution is 2.24. The molecule has 1 aliphatic rings. The Morgan fingerprint density at radius 3 is 2.58 bits per heavy atom. The summed E-state index contributed by atoms with van der Waals surface area (Å²) in [4.78, 5) is 2.41. The molecular formula is C13H21N3O2S. The van der Waals surface area contributed by atoms with E-state index in [1.807, 2.05) is 21.0 Å². The molecule has 0 spiro atoms. The van der Waals surface area contributed by atoms with Gasteiger partial charge in [-0.25, -0.2) is 8.42 Å². The van der Waals surface area contributed by atoms with Crippen LogP contribution in [0.1, 0.15) is 12.0 Å². The Bertz CT molecular complexity index is 569. The molecule has 1 aromatic rings. The van der Waals surface area contributed by atoms with Gasteiger partial charge in [0, 0.05) is 24.8 Å². The fraction of sp³-hybridized carbons (Fsp3) is 0.538. The average Bonchev–Trinajstić information content (AvgIpc) is 2.82. The molecular weight excluding hydrogens is 262 g/mol. The van der Waals surface area contributed by atoms with Crippen molar-refractivity contribution < 1.29 is 8.42 Å². The zero-order valence-electron chi connectivity index (χ0n) is 11.6. The first-order valence-electron chi connectivity index (χ1n) is 6.35. The molecule has 0 radical (unpaired) electrons. The highest BCUT2D eigenvalue weighted by atomic mass is 32.2. The molecule has 1 heterocycles. The van der Waals surface area contributed by atoms with E-state index in [2.05, 4.69) is 4.90 Å². The quantitative estimate of drug-likeness (QED) is 0.837. The predicted molar refractivity (Wildman–Crippen MR) is 76.4 cm³/mol. The third-order valence-corrected chi connectivity index (χ3v) is 5.60. The molecule has 19 heavy (non-hydrogen) atoms. The summed E-state index contributed by atoms with van der Waals surface area (Å²) in [7, 11) is 0.567. The van der Waals surface area contributed by atoms with Gasteiger partial charge in [0.2, 0.25) is 10.0 Å². The number of likely N-dealkylation sites (N-methyl/N-ethyl adjacent to an activating group) is 1. The van der Waals surface area contributed by atoms with Gasteiger partial charge in [-0.2, -0.15) is 4.31 Å². The molecule has 2 N–H and O–H groups in total. The summed E-state index contributed by atoms with van der Waals surface area (Å²) in [6.45, 7) is 2.95. The number of rotatable bonds is 3. The molecule has 0 amide bonds.